The van der Waals surface area contributed by atoms with Gasteiger partial charge in [0, 0.05) is 56.0 Å². The Kier molecular flexibility index (Phi) is 4.56. The number of rotatable bonds is 3. The quantitative estimate of drug-likeness (QED) is 0.767. The largest absolute Gasteiger partial charge is 0.349 e. The lowest BCUT2D eigenvalue weighted by Crippen LogP contribution is -2.52. The number of piperidine rings is 1. The average molecular weight is 417 g/mol. The Labute approximate surface area is 172 Å². The van der Waals surface area contributed by atoms with Crippen molar-refractivity contribution in [2.24, 2.45) is 11.8 Å². The summed E-state index contributed by atoms with van der Waals surface area (Å²) < 4.78 is 27.7. The molecule has 5 rings (SSSR count). The number of halogens is 2. The molecule has 6 nitrogen and oxygen atoms in total. The molecular weight excluding hydrogens is 392 g/mol. The summed E-state index contributed by atoms with van der Waals surface area (Å²) in [5, 5.41) is 2.55. The molecule has 3 heterocycles. The normalized spacial score (nSPS) is 27.5. The van der Waals surface area contributed by atoms with Gasteiger partial charge in [-0.15, -0.1) is 0 Å². The molecule has 0 unspecified atom stereocenters. The number of likely N-dealkylation sites (tertiary alicyclic amines) is 1. The van der Waals surface area contributed by atoms with Gasteiger partial charge in [0.25, 0.3) is 17.4 Å². The lowest BCUT2D eigenvalue weighted by Gasteiger charge is -2.43. The van der Waals surface area contributed by atoms with E-state index in [4.69, 9.17) is 0 Å². The molecule has 1 N–H and O–H groups in total. The summed E-state index contributed by atoms with van der Waals surface area (Å²) >= 11 is 0. The third-order valence-corrected chi connectivity index (χ3v) is 6.94. The smallest absolute Gasteiger partial charge is 0.263 e. The fraction of sp³-hybridized carbons (Fsp3) is 0.591. The van der Waals surface area contributed by atoms with Crippen molar-refractivity contribution in [3.8, 4) is 0 Å². The maximum absolute atomic E-state index is 13.0. The van der Waals surface area contributed by atoms with Crippen molar-refractivity contribution in [3.63, 3.8) is 0 Å². The minimum atomic E-state index is -2.72. The summed E-state index contributed by atoms with van der Waals surface area (Å²) in [5.74, 6) is -2.83. The molecule has 2 aliphatic heterocycles. The molecule has 2 bridgehead atoms. The molecule has 8 heteroatoms. The second-order valence-corrected chi connectivity index (χ2v) is 9.20. The highest BCUT2D eigenvalue weighted by Crippen LogP contribution is 2.38. The highest BCUT2D eigenvalue weighted by Gasteiger charge is 2.46. The van der Waals surface area contributed by atoms with Gasteiger partial charge >= 0.3 is 0 Å². The molecule has 2 fully saturated rings. The third-order valence-electron chi connectivity index (χ3n) is 6.94. The summed E-state index contributed by atoms with van der Waals surface area (Å²) in [6.45, 7) is 1.69. The fourth-order valence-electron chi connectivity index (χ4n) is 5.40. The maximum atomic E-state index is 13.0. The SMILES string of the molecule is O=C(NC1CC(F)(F)C1)c1ccc2n(c1=O)C[C@H]1C[C@@H]2CN(C(=O)C2CC=CC2)C1. The van der Waals surface area contributed by atoms with E-state index in [0.717, 1.165) is 25.0 Å². The van der Waals surface area contributed by atoms with Crippen LogP contribution in [0.15, 0.2) is 29.1 Å². The van der Waals surface area contributed by atoms with E-state index in [1.165, 1.54) is 6.07 Å². The molecule has 1 saturated heterocycles. The van der Waals surface area contributed by atoms with E-state index in [1.54, 1.807) is 10.6 Å². The van der Waals surface area contributed by atoms with Crippen molar-refractivity contribution in [3.05, 3.63) is 45.9 Å². The number of allylic oxidation sites excluding steroid dienone is 2. The second-order valence-electron chi connectivity index (χ2n) is 9.20. The minimum absolute atomic E-state index is 0.00102. The molecular formula is C22H25F2N3O3. The summed E-state index contributed by atoms with van der Waals surface area (Å²) in [4.78, 5) is 40.3. The monoisotopic (exact) mass is 417 g/mol. The molecule has 4 aliphatic rings. The number of hydrogen-bond acceptors (Lipinski definition) is 3. The van der Waals surface area contributed by atoms with Crippen molar-refractivity contribution in [1.82, 2.24) is 14.8 Å². The molecule has 0 aromatic carbocycles. The lowest BCUT2D eigenvalue weighted by atomic mass is 9.82. The Balaban J connectivity index is 1.33. The molecule has 1 aromatic heterocycles. The van der Waals surface area contributed by atoms with Crippen LogP contribution in [0.5, 0.6) is 0 Å². The van der Waals surface area contributed by atoms with Gasteiger partial charge in [0.1, 0.15) is 5.56 Å². The average Bonchev–Trinajstić information content (AvgIpc) is 3.21. The number of aromatic nitrogens is 1. The number of carbonyl (C=O) groups is 2. The van der Waals surface area contributed by atoms with Crippen LogP contribution < -0.4 is 10.9 Å². The van der Waals surface area contributed by atoms with E-state index in [1.807, 2.05) is 4.90 Å². The summed E-state index contributed by atoms with van der Waals surface area (Å²) in [6.07, 6.45) is 5.87. The van der Waals surface area contributed by atoms with Gasteiger partial charge < -0.3 is 14.8 Å². The predicted molar refractivity (Wildman–Crippen MR) is 105 cm³/mol. The molecule has 2 aliphatic carbocycles. The van der Waals surface area contributed by atoms with E-state index >= 15 is 0 Å². The Morgan fingerprint density at radius 2 is 1.80 bits per heavy atom. The number of hydrogen-bond donors (Lipinski definition) is 1. The second kappa shape index (κ2) is 7.03. The fourth-order valence-corrected chi connectivity index (χ4v) is 5.40. The van der Waals surface area contributed by atoms with E-state index in [9.17, 15) is 23.2 Å². The van der Waals surface area contributed by atoms with Crippen LogP contribution >= 0.6 is 0 Å². The van der Waals surface area contributed by atoms with Crippen LogP contribution in [0.1, 0.15) is 54.1 Å². The van der Waals surface area contributed by atoms with Gasteiger partial charge in [-0.05, 0) is 37.3 Å². The first-order valence-corrected chi connectivity index (χ1v) is 10.7. The number of carbonyl (C=O) groups excluding carboxylic acids is 2. The van der Waals surface area contributed by atoms with Gasteiger partial charge in [-0.3, -0.25) is 14.4 Å². The van der Waals surface area contributed by atoms with Crippen LogP contribution in [-0.4, -0.2) is 46.3 Å². The molecule has 2 amide bonds. The molecule has 2 atom stereocenters. The van der Waals surface area contributed by atoms with E-state index in [2.05, 4.69) is 17.5 Å². The Hall–Kier alpha value is -2.51. The summed E-state index contributed by atoms with van der Waals surface area (Å²) in [6, 6.07) is 2.71. The zero-order chi connectivity index (χ0) is 21.0. The van der Waals surface area contributed by atoms with E-state index < -0.39 is 17.9 Å². The molecule has 1 aromatic rings. The Bertz CT molecular complexity index is 970. The van der Waals surface area contributed by atoms with Crippen molar-refractivity contribution in [2.45, 2.75) is 56.5 Å². The van der Waals surface area contributed by atoms with Gasteiger partial charge in [0.05, 0.1) is 0 Å². The number of nitrogens with one attached hydrogen (secondary N) is 1. The highest BCUT2D eigenvalue weighted by molar-refractivity contribution is 5.94. The van der Waals surface area contributed by atoms with Gasteiger partial charge in [-0.25, -0.2) is 8.78 Å². The third kappa shape index (κ3) is 3.36. The minimum Gasteiger partial charge on any atom is -0.349 e. The van der Waals surface area contributed by atoms with Crippen LogP contribution in [0.3, 0.4) is 0 Å². The predicted octanol–water partition coefficient (Wildman–Crippen LogP) is 2.29. The molecule has 0 radical (unpaired) electrons. The van der Waals surface area contributed by atoms with Gasteiger partial charge in [-0.2, -0.15) is 0 Å². The van der Waals surface area contributed by atoms with Crippen molar-refractivity contribution in [2.75, 3.05) is 13.1 Å². The molecule has 160 valence electrons. The van der Waals surface area contributed by atoms with Crippen molar-refractivity contribution in [1.29, 1.82) is 0 Å². The molecule has 30 heavy (non-hydrogen) atoms. The first-order valence-electron chi connectivity index (χ1n) is 10.7. The van der Waals surface area contributed by atoms with Gasteiger partial charge in [-0.1, -0.05) is 12.2 Å². The van der Waals surface area contributed by atoms with Crippen molar-refractivity contribution >= 4 is 11.8 Å². The van der Waals surface area contributed by atoms with Crippen LogP contribution in [0.2, 0.25) is 0 Å². The molecule has 1 saturated carbocycles. The van der Waals surface area contributed by atoms with Gasteiger partial charge in [0.15, 0.2) is 0 Å². The first kappa shape index (κ1) is 19.5. The maximum Gasteiger partial charge on any atom is 0.263 e. The number of amides is 2. The van der Waals surface area contributed by atoms with Crippen LogP contribution in [0, 0.1) is 11.8 Å². The van der Waals surface area contributed by atoms with E-state index in [0.29, 0.717) is 19.6 Å². The standard InChI is InChI=1S/C22H25F2N3O3/c23-22(24)8-16(9-22)25-19(28)17-5-6-18-15-7-13(11-27(18)21(17)30)10-26(12-15)20(29)14-3-1-2-4-14/h1-2,5-6,13-16H,3-4,7-12H2,(H,25,28)/t13-,15+/m0/s1. The summed E-state index contributed by atoms with van der Waals surface area (Å²) in [7, 11) is 0. The zero-order valence-corrected chi connectivity index (χ0v) is 16.7. The van der Waals surface area contributed by atoms with Crippen molar-refractivity contribution < 1.29 is 18.4 Å². The summed E-state index contributed by atoms with van der Waals surface area (Å²) in [5.41, 5.74) is 0.481. The Morgan fingerprint density at radius 1 is 1.07 bits per heavy atom. The van der Waals surface area contributed by atoms with E-state index in [-0.39, 0.29) is 47.6 Å². The topological polar surface area (TPSA) is 71.4 Å². The molecule has 0 spiro atoms. The number of alkyl halides is 2. The van der Waals surface area contributed by atoms with Crippen LogP contribution in [-0.2, 0) is 11.3 Å². The highest BCUT2D eigenvalue weighted by atomic mass is 19.3. The number of fused-ring (bicyclic) bond motifs is 4. The lowest BCUT2D eigenvalue weighted by molar-refractivity contribution is -0.138. The zero-order valence-electron chi connectivity index (χ0n) is 16.7. The van der Waals surface area contributed by atoms with Crippen LogP contribution in [0.25, 0.3) is 0 Å². The first-order chi connectivity index (χ1) is 14.3. The number of pyridine rings is 1. The van der Waals surface area contributed by atoms with Crippen LogP contribution in [0.4, 0.5) is 8.78 Å². The Morgan fingerprint density at radius 3 is 2.50 bits per heavy atom. The van der Waals surface area contributed by atoms with Gasteiger partial charge in [0.2, 0.25) is 5.91 Å². The number of nitrogens with zero attached hydrogens (tertiary/aromatic N) is 2.